The fraction of sp³-hybridized carbons (Fsp3) is 0.333. The summed E-state index contributed by atoms with van der Waals surface area (Å²) in [6.07, 6.45) is 3.92. The van der Waals surface area contributed by atoms with Gasteiger partial charge in [-0.2, -0.15) is 4.98 Å². The van der Waals surface area contributed by atoms with E-state index in [4.69, 9.17) is 4.98 Å². The van der Waals surface area contributed by atoms with Crippen LogP contribution in [0, 0.1) is 13.8 Å². The second-order valence-corrected chi connectivity index (χ2v) is 8.87. The summed E-state index contributed by atoms with van der Waals surface area (Å²) in [7, 11) is 2.17. The Labute approximate surface area is 191 Å². The minimum Gasteiger partial charge on any atom is -0.339 e. The number of anilines is 4. The number of rotatable bonds is 6. The molecule has 1 aliphatic heterocycles. The number of hydrogen-bond donors (Lipinski definition) is 2. The van der Waals surface area contributed by atoms with Gasteiger partial charge in [-0.05, 0) is 80.6 Å². The van der Waals surface area contributed by atoms with Crippen LogP contribution in [0.15, 0.2) is 43.1 Å². The van der Waals surface area contributed by atoms with Crippen molar-refractivity contribution >= 4 is 28.7 Å². The molecular formula is C27H33N5. The molecule has 3 aromatic rings. The molecule has 2 heterocycles. The molecule has 1 aromatic heterocycles. The summed E-state index contributed by atoms with van der Waals surface area (Å²) in [5, 5.41) is 6.99. The first-order chi connectivity index (χ1) is 15.4. The molecule has 32 heavy (non-hydrogen) atoms. The van der Waals surface area contributed by atoms with E-state index in [1.54, 1.807) is 0 Å². The number of hydrogen-bond acceptors (Lipinski definition) is 5. The SMILES string of the molecule is C=C(C)c1c(CC)cccc1Nc1nc(Nc2cc3c(cc2C)CCN(C)C3)ncc1C. The zero-order valence-corrected chi connectivity index (χ0v) is 19.8. The standard InChI is InChI=1S/C27H33N5/c1-7-20-9-8-10-23(25(20)17(2)3)29-26-19(5)15-28-27(31-26)30-24-14-22-16-32(6)12-11-21(22)13-18(24)4/h8-10,13-15H,2,7,11-12,16H2,1,3-6H3,(H2,28,29,30,31). The van der Waals surface area contributed by atoms with Crippen LogP contribution in [0.2, 0.25) is 0 Å². The summed E-state index contributed by atoms with van der Waals surface area (Å²) in [6, 6.07) is 10.9. The van der Waals surface area contributed by atoms with Crippen LogP contribution in [-0.2, 0) is 19.4 Å². The highest BCUT2D eigenvalue weighted by molar-refractivity contribution is 5.79. The molecule has 2 N–H and O–H groups in total. The summed E-state index contributed by atoms with van der Waals surface area (Å²) in [5.41, 5.74) is 10.6. The molecule has 2 aromatic carbocycles. The van der Waals surface area contributed by atoms with Gasteiger partial charge in [-0.15, -0.1) is 0 Å². The fourth-order valence-electron chi connectivity index (χ4n) is 4.39. The van der Waals surface area contributed by atoms with Crippen LogP contribution >= 0.6 is 0 Å². The molecule has 0 unspecified atom stereocenters. The van der Waals surface area contributed by atoms with Crippen molar-refractivity contribution in [1.29, 1.82) is 0 Å². The Balaban J connectivity index is 1.64. The van der Waals surface area contributed by atoms with E-state index in [9.17, 15) is 0 Å². The monoisotopic (exact) mass is 427 g/mol. The normalized spacial score (nSPS) is 13.5. The molecule has 4 rings (SSSR count). The van der Waals surface area contributed by atoms with E-state index in [0.29, 0.717) is 5.95 Å². The maximum atomic E-state index is 4.81. The highest BCUT2D eigenvalue weighted by Gasteiger charge is 2.16. The van der Waals surface area contributed by atoms with Crippen molar-refractivity contribution < 1.29 is 0 Å². The number of fused-ring (bicyclic) bond motifs is 1. The first kappa shape index (κ1) is 22.0. The largest absolute Gasteiger partial charge is 0.339 e. The molecule has 0 amide bonds. The van der Waals surface area contributed by atoms with E-state index < -0.39 is 0 Å². The molecule has 1 aliphatic rings. The Morgan fingerprint density at radius 2 is 1.91 bits per heavy atom. The van der Waals surface area contributed by atoms with Crippen molar-refractivity contribution in [3.05, 3.63) is 76.5 Å². The number of benzene rings is 2. The van der Waals surface area contributed by atoms with Gasteiger partial charge < -0.3 is 15.5 Å². The highest BCUT2D eigenvalue weighted by Crippen LogP contribution is 2.31. The zero-order valence-electron chi connectivity index (χ0n) is 19.8. The van der Waals surface area contributed by atoms with Gasteiger partial charge >= 0.3 is 0 Å². The van der Waals surface area contributed by atoms with Crippen LogP contribution in [0.3, 0.4) is 0 Å². The molecule has 0 radical (unpaired) electrons. The fourth-order valence-corrected chi connectivity index (χ4v) is 4.39. The van der Waals surface area contributed by atoms with Gasteiger partial charge in [0.05, 0.1) is 0 Å². The number of aromatic nitrogens is 2. The maximum absolute atomic E-state index is 4.81. The first-order valence-corrected chi connectivity index (χ1v) is 11.3. The Hall–Kier alpha value is -3.18. The van der Waals surface area contributed by atoms with Crippen molar-refractivity contribution in [2.24, 2.45) is 0 Å². The number of nitrogens with one attached hydrogen (secondary N) is 2. The van der Waals surface area contributed by atoms with Crippen molar-refractivity contribution in [3.63, 3.8) is 0 Å². The molecule has 5 heteroatoms. The molecule has 0 bridgehead atoms. The van der Waals surface area contributed by atoms with Gasteiger partial charge in [-0.1, -0.05) is 31.7 Å². The lowest BCUT2D eigenvalue weighted by atomic mass is 9.96. The average molecular weight is 428 g/mol. The smallest absolute Gasteiger partial charge is 0.229 e. The molecule has 166 valence electrons. The lowest BCUT2D eigenvalue weighted by Crippen LogP contribution is -2.26. The number of nitrogens with zero attached hydrogens (tertiary/aromatic N) is 3. The molecule has 0 spiro atoms. The molecule has 0 saturated carbocycles. The Bertz CT molecular complexity index is 1160. The molecule has 5 nitrogen and oxygen atoms in total. The van der Waals surface area contributed by atoms with Crippen LogP contribution < -0.4 is 10.6 Å². The molecule has 0 saturated heterocycles. The quantitative estimate of drug-likeness (QED) is 0.493. The summed E-state index contributed by atoms with van der Waals surface area (Å²) in [6.45, 7) is 14.7. The summed E-state index contributed by atoms with van der Waals surface area (Å²) < 4.78 is 0. The van der Waals surface area contributed by atoms with E-state index in [2.05, 4.69) is 85.2 Å². The predicted octanol–water partition coefficient (Wildman–Crippen LogP) is 6.16. The third-order valence-electron chi connectivity index (χ3n) is 6.18. The van der Waals surface area contributed by atoms with Gasteiger partial charge in [0.1, 0.15) is 5.82 Å². The number of likely N-dealkylation sites (N-methyl/N-ethyl adjacent to an activating group) is 1. The Kier molecular flexibility index (Phi) is 6.28. The van der Waals surface area contributed by atoms with Crippen molar-refractivity contribution in [2.75, 3.05) is 24.2 Å². The molecule has 0 fully saturated rings. The van der Waals surface area contributed by atoms with Gasteiger partial charge in [-0.25, -0.2) is 4.98 Å². The van der Waals surface area contributed by atoms with E-state index in [-0.39, 0.29) is 0 Å². The maximum Gasteiger partial charge on any atom is 0.229 e. The van der Waals surface area contributed by atoms with Gasteiger partial charge in [0, 0.05) is 41.8 Å². The lowest BCUT2D eigenvalue weighted by Gasteiger charge is -2.26. The summed E-state index contributed by atoms with van der Waals surface area (Å²) in [4.78, 5) is 11.7. The van der Waals surface area contributed by atoms with E-state index in [1.807, 2.05) is 13.1 Å². The third-order valence-corrected chi connectivity index (χ3v) is 6.18. The zero-order chi connectivity index (χ0) is 22.8. The van der Waals surface area contributed by atoms with Gasteiger partial charge in [0.25, 0.3) is 0 Å². The van der Waals surface area contributed by atoms with Crippen LogP contribution in [0.25, 0.3) is 5.57 Å². The van der Waals surface area contributed by atoms with E-state index in [1.165, 1.54) is 22.3 Å². The number of allylic oxidation sites excluding steroid dienone is 1. The van der Waals surface area contributed by atoms with Crippen LogP contribution in [0.1, 0.15) is 47.2 Å². The Morgan fingerprint density at radius 1 is 1.09 bits per heavy atom. The highest BCUT2D eigenvalue weighted by atomic mass is 15.1. The summed E-state index contributed by atoms with van der Waals surface area (Å²) >= 11 is 0. The van der Waals surface area contributed by atoms with E-state index in [0.717, 1.165) is 59.8 Å². The predicted molar refractivity (Wildman–Crippen MR) is 135 cm³/mol. The molecule has 0 aliphatic carbocycles. The third kappa shape index (κ3) is 4.53. The van der Waals surface area contributed by atoms with Gasteiger partial charge in [0.15, 0.2) is 0 Å². The van der Waals surface area contributed by atoms with Crippen LogP contribution in [0.5, 0.6) is 0 Å². The van der Waals surface area contributed by atoms with Crippen molar-refractivity contribution in [3.8, 4) is 0 Å². The number of aryl methyl sites for hydroxylation is 3. The van der Waals surface area contributed by atoms with Crippen LogP contribution in [0.4, 0.5) is 23.1 Å². The van der Waals surface area contributed by atoms with Crippen molar-refractivity contribution in [1.82, 2.24) is 14.9 Å². The molecular weight excluding hydrogens is 394 g/mol. The Morgan fingerprint density at radius 3 is 2.66 bits per heavy atom. The minimum absolute atomic E-state index is 0.592. The van der Waals surface area contributed by atoms with Gasteiger partial charge in [0.2, 0.25) is 5.95 Å². The molecule has 0 atom stereocenters. The van der Waals surface area contributed by atoms with Crippen LogP contribution in [-0.4, -0.2) is 28.5 Å². The second kappa shape index (κ2) is 9.13. The topological polar surface area (TPSA) is 53.1 Å². The summed E-state index contributed by atoms with van der Waals surface area (Å²) in [5.74, 6) is 1.39. The van der Waals surface area contributed by atoms with E-state index >= 15 is 0 Å². The average Bonchev–Trinajstić information content (AvgIpc) is 2.76. The lowest BCUT2D eigenvalue weighted by molar-refractivity contribution is 0.313. The minimum atomic E-state index is 0.592. The first-order valence-electron chi connectivity index (χ1n) is 11.3. The second-order valence-electron chi connectivity index (χ2n) is 8.87. The van der Waals surface area contributed by atoms with Crippen molar-refractivity contribution in [2.45, 2.75) is 47.1 Å². The van der Waals surface area contributed by atoms with Gasteiger partial charge in [-0.3, -0.25) is 0 Å².